The summed E-state index contributed by atoms with van der Waals surface area (Å²) < 4.78 is 40.3. The van der Waals surface area contributed by atoms with Gasteiger partial charge in [-0.2, -0.15) is 4.31 Å². The van der Waals surface area contributed by atoms with E-state index in [1.807, 2.05) is 18.2 Å². The number of methoxy groups -OCH3 is 1. The number of hydrogen-bond acceptors (Lipinski definition) is 7. The Kier molecular flexibility index (Phi) is 7.42. The van der Waals surface area contributed by atoms with E-state index in [0.717, 1.165) is 22.4 Å². The Hall–Kier alpha value is -2.69. The van der Waals surface area contributed by atoms with Crippen LogP contribution in [0.25, 0.3) is 10.2 Å². The fraction of sp³-hybridized carbons (Fsp3) is 0.481. The van der Waals surface area contributed by atoms with Crippen LogP contribution in [-0.4, -0.2) is 67.9 Å². The first-order valence-corrected chi connectivity index (χ1v) is 15.0. The molecule has 0 saturated carbocycles. The number of likely N-dealkylation sites (tertiary alicyclic amines) is 1. The summed E-state index contributed by atoms with van der Waals surface area (Å²) in [6.07, 6.45) is 2.45. The summed E-state index contributed by atoms with van der Waals surface area (Å²) in [5, 5.41) is 0.627. The monoisotopic (exact) mass is 543 g/mol. The number of amides is 1. The zero-order valence-electron chi connectivity index (χ0n) is 21.4. The van der Waals surface area contributed by atoms with Crippen molar-refractivity contribution in [3.63, 3.8) is 0 Å². The highest BCUT2D eigenvalue weighted by Crippen LogP contribution is 2.32. The molecule has 2 unspecified atom stereocenters. The number of ether oxygens (including phenoxy) is 2. The summed E-state index contributed by atoms with van der Waals surface area (Å²) >= 11 is 1.51. The van der Waals surface area contributed by atoms with E-state index >= 15 is 0 Å². The average molecular weight is 544 g/mol. The fourth-order valence-corrected chi connectivity index (χ4v) is 7.83. The van der Waals surface area contributed by atoms with E-state index in [0.29, 0.717) is 61.6 Å². The lowest BCUT2D eigenvalue weighted by molar-refractivity contribution is 0.0595. The van der Waals surface area contributed by atoms with Crippen LogP contribution in [-0.2, 0) is 10.0 Å². The number of hydrogen-bond donors (Lipinski definition) is 0. The summed E-state index contributed by atoms with van der Waals surface area (Å²) in [5.41, 5.74) is 1.35. The molecule has 3 heterocycles. The Morgan fingerprint density at radius 2 is 1.70 bits per heavy atom. The van der Waals surface area contributed by atoms with Crippen molar-refractivity contribution in [3.05, 3.63) is 48.0 Å². The quantitative estimate of drug-likeness (QED) is 0.450. The highest BCUT2D eigenvalue weighted by molar-refractivity contribution is 7.89. The molecule has 2 atom stereocenters. The standard InChI is InChI=1S/C27H33N3O5S2/c1-18-14-19(2)17-30(16-18)37(32,33)23-7-4-20(5-8-23)26(31)29-12-10-21(11-13-29)35-27-28-24-15-22(34-3)6-9-25(24)36-27/h4-9,15,18-19,21H,10-14,16-17H2,1-3H3. The number of sulfonamides is 1. The first-order valence-electron chi connectivity index (χ1n) is 12.7. The van der Waals surface area contributed by atoms with E-state index in [4.69, 9.17) is 9.47 Å². The van der Waals surface area contributed by atoms with Gasteiger partial charge in [-0.25, -0.2) is 13.4 Å². The second kappa shape index (κ2) is 10.6. The predicted molar refractivity (Wildman–Crippen MR) is 144 cm³/mol. The molecule has 2 saturated heterocycles. The highest BCUT2D eigenvalue weighted by Gasteiger charge is 2.32. The Morgan fingerprint density at radius 1 is 1.03 bits per heavy atom. The van der Waals surface area contributed by atoms with Crippen LogP contribution in [0.4, 0.5) is 0 Å². The number of nitrogens with zero attached hydrogens (tertiary/aromatic N) is 3. The third-order valence-electron chi connectivity index (χ3n) is 7.15. The second-order valence-electron chi connectivity index (χ2n) is 10.2. The number of aromatic nitrogens is 1. The van der Waals surface area contributed by atoms with E-state index in [1.165, 1.54) is 11.3 Å². The molecule has 0 bridgehead atoms. The van der Waals surface area contributed by atoms with Gasteiger partial charge in [-0.15, -0.1) is 0 Å². The molecule has 198 valence electrons. The summed E-state index contributed by atoms with van der Waals surface area (Å²) in [5.74, 6) is 1.35. The molecule has 2 fully saturated rings. The minimum atomic E-state index is -3.57. The molecule has 0 N–H and O–H groups in total. The van der Waals surface area contributed by atoms with Crippen LogP contribution in [0, 0.1) is 11.8 Å². The summed E-state index contributed by atoms with van der Waals surface area (Å²) in [4.78, 5) is 19.7. The van der Waals surface area contributed by atoms with Crippen LogP contribution >= 0.6 is 11.3 Å². The Morgan fingerprint density at radius 3 is 2.35 bits per heavy atom. The van der Waals surface area contributed by atoms with Crippen molar-refractivity contribution < 1.29 is 22.7 Å². The lowest BCUT2D eigenvalue weighted by Crippen LogP contribution is -2.42. The van der Waals surface area contributed by atoms with Gasteiger partial charge in [0.2, 0.25) is 10.0 Å². The molecule has 37 heavy (non-hydrogen) atoms. The highest BCUT2D eigenvalue weighted by atomic mass is 32.2. The van der Waals surface area contributed by atoms with Gasteiger partial charge < -0.3 is 14.4 Å². The molecule has 0 spiro atoms. The molecule has 8 nitrogen and oxygen atoms in total. The topological polar surface area (TPSA) is 89.0 Å². The molecule has 1 amide bonds. The molecule has 5 rings (SSSR count). The van der Waals surface area contributed by atoms with Gasteiger partial charge in [0, 0.05) is 50.7 Å². The van der Waals surface area contributed by atoms with Gasteiger partial charge in [-0.05, 0) is 54.7 Å². The largest absolute Gasteiger partial charge is 0.497 e. The van der Waals surface area contributed by atoms with Gasteiger partial charge in [0.05, 0.1) is 22.2 Å². The van der Waals surface area contributed by atoms with Crippen molar-refractivity contribution in [2.24, 2.45) is 11.8 Å². The molecule has 2 aliphatic heterocycles. The van der Waals surface area contributed by atoms with Gasteiger partial charge in [0.15, 0.2) is 0 Å². The first-order chi connectivity index (χ1) is 17.7. The zero-order valence-corrected chi connectivity index (χ0v) is 23.1. The molecular weight excluding hydrogens is 510 g/mol. The smallest absolute Gasteiger partial charge is 0.274 e. The minimum Gasteiger partial charge on any atom is -0.497 e. The number of piperidine rings is 2. The maximum atomic E-state index is 13.1. The molecule has 1 aromatic heterocycles. The van der Waals surface area contributed by atoms with Crippen LogP contribution in [0.5, 0.6) is 10.9 Å². The van der Waals surface area contributed by atoms with Gasteiger partial charge in [-0.1, -0.05) is 25.2 Å². The Bertz CT molecular complexity index is 1350. The lowest BCUT2D eigenvalue weighted by atomic mass is 9.94. The van der Waals surface area contributed by atoms with E-state index in [9.17, 15) is 13.2 Å². The lowest BCUT2D eigenvalue weighted by Gasteiger charge is -2.34. The van der Waals surface area contributed by atoms with Crippen LogP contribution in [0.3, 0.4) is 0 Å². The van der Waals surface area contributed by atoms with Gasteiger partial charge in [-0.3, -0.25) is 4.79 Å². The third kappa shape index (κ3) is 5.61. The first kappa shape index (κ1) is 25.9. The number of rotatable bonds is 6. The van der Waals surface area contributed by atoms with Crippen molar-refractivity contribution >= 4 is 37.5 Å². The Labute approximate surface area is 222 Å². The molecule has 0 radical (unpaired) electrons. The zero-order chi connectivity index (χ0) is 26.2. The fourth-order valence-electron chi connectivity index (χ4n) is 5.29. The van der Waals surface area contributed by atoms with Gasteiger partial charge in [0.25, 0.3) is 11.1 Å². The van der Waals surface area contributed by atoms with Crippen molar-refractivity contribution in [1.29, 1.82) is 0 Å². The van der Waals surface area contributed by atoms with E-state index in [2.05, 4.69) is 18.8 Å². The maximum absolute atomic E-state index is 13.1. The van der Waals surface area contributed by atoms with E-state index in [-0.39, 0.29) is 16.9 Å². The van der Waals surface area contributed by atoms with Gasteiger partial charge >= 0.3 is 0 Å². The SMILES string of the molecule is COc1ccc2sc(OC3CCN(C(=O)c4ccc(S(=O)(=O)N5CC(C)CC(C)C5)cc4)CC3)nc2c1. The third-order valence-corrected chi connectivity index (χ3v) is 9.92. The van der Waals surface area contributed by atoms with E-state index < -0.39 is 10.0 Å². The minimum absolute atomic E-state index is 0.00615. The van der Waals surface area contributed by atoms with E-state index in [1.54, 1.807) is 40.6 Å². The number of carbonyl (C=O) groups is 1. The summed E-state index contributed by atoms with van der Waals surface area (Å²) in [6.45, 7) is 6.40. The van der Waals surface area contributed by atoms with Crippen LogP contribution < -0.4 is 9.47 Å². The predicted octanol–water partition coefficient (Wildman–Crippen LogP) is 4.66. The van der Waals surface area contributed by atoms with Gasteiger partial charge in [0.1, 0.15) is 11.9 Å². The van der Waals surface area contributed by atoms with Crippen molar-refractivity contribution in [2.75, 3.05) is 33.3 Å². The van der Waals surface area contributed by atoms with Crippen LogP contribution in [0.2, 0.25) is 0 Å². The number of benzene rings is 2. The number of thiazole rings is 1. The van der Waals surface area contributed by atoms with Crippen molar-refractivity contribution in [2.45, 2.75) is 44.1 Å². The Balaban J connectivity index is 1.18. The maximum Gasteiger partial charge on any atom is 0.274 e. The molecule has 2 aromatic carbocycles. The summed E-state index contributed by atoms with van der Waals surface area (Å²) in [7, 11) is -1.93. The average Bonchev–Trinajstić information content (AvgIpc) is 3.29. The molecule has 10 heteroatoms. The number of fused-ring (bicyclic) bond motifs is 1. The summed E-state index contributed by atoms with van der Waals surface area (Å²) in [6, 6.07) is 12.2. The molecule has 0 aliphatic carbocycles. The molecule has 2 aliphatic rings. The molecular formula is C27H33N3O5S2. The van der Waals surface area contributed by atoms with Crippen LogP contribution in [0.1, 0.15) is 43.5 Å². The normalized spacial score (nSPS) is 21.8. The second-order valence-corrected chi connectivity index (χ2v) is 13.1. The van der Waals surface area contributed by atoms with Crippen LogP contribution in [0.15, 0.2) is 47.4 Å². The molecule has 3 aromatic rings. The van der Waals surface area contributed by atoms with Crippen molar-refractivity contribution in [1.82, 2.24) is 14.2 Å². The number of carbonyl (C=O) groups excluding carboxylic acids is 1. The van der Waals surface area contributed by atoms with Crippen molar-refractivity contribution in [3.8, 4) is 10.9 Å².